The molecule has 0 fully saturated rings. The fourth-order valence-electron chi connectivity index (χ4n) is 1.80. The van der Waals surface area contributed by atoms with Crippen molar-refractivity contribution in [2.24, 2.45) is 0 Å². The van der Waals surface area contributed by atoms with E-state index in [9.17, 15) is 9.18 Å². The molecular weight excluding hydrogens is 317 g/mol. The highest BCUT2D eigenvalue weighted by Gasteiger charge is 2.10. The first-order valence-corrected chi connectivity index (χ1v) is 7.59. The van der Waals surface area contributed by atoms with Gasteiger partial charge in [0.2, 0.25) is 5.13 Å². The highest BCUT2D eigenvalue weighted by molar-refractivity contribution is 7.15. The summed E-state index contributed by atoms with van der Waals surface area (Å²) in [4.78, 5) is 12.0. The highest BCUT2D eigenvalue weighted by atomic mass is 32.1. The van der Waals surface area contributed by atoms with Gasteiger partial charge in [0.05, 0.1) is 0 Å². The number of hydrogen-bond donors (Lipinski definition) is 1. The van der Waals surface area contributed by atoms with Crippen molar-refractivity contribution < 1.29 is 13.9 Å². The molecule has 0 aliphatic heterocycles. The maximum Gasteiger partial charge on any atom is 0.257 e. The van der Waals surface area contributed by atoms with E-state index in [2.05, 4.69) is 15.5 Å². The summed E-state index contributed by atoms with van der Waals surface area (Å²) in [6, 6.07) is 14.6. The molecule has 23 heavy (non-hydrogen) atoms. The van der Waals surface area contributed by atoms with Gasteiger partial charge in [-0.05, 0) is 36.4 Å². The summed E-state index contributed by atoms with van der Waals surface area (Å²) in [5, 5.41) is 11.5. The van der Waals surface area contributed by atoms with Crippen LogP contribution in [0.15, 0.2) is 54.6 Å². The molecule has 1 N–H and O–H groups in total. The molecule has 0 saturated heterocycles. The Labute approximate surface area is 135 Å². The van der Waals surface area contributed by atoms with Crippen LogP contribution in [0.1, 0.15) is 15.4 Å². The third kappa shape index (κ3) is 4.10. The topological polar surface area (TPSA) is 64.1 Å². The van der Waals surface area contributed by atoms with Crippen LogP contribution in [0.25, 0.3) is 0 Å². The lowest BCUT2D eigenvalue weighted by Crippen LogP contribution is -2.11. The summed E-state index contributed by atoms with van der Waals surface area (Å²) in [5.74, 6) is -0.0246. The minimum atomic E-state index is -0.320. The third-order valence-electron chi connectivity index (χ3n) is 2.90. The zero-order valence-corrected chi connectivity index (χ0v) is 12.7. The molecular formula is C16H12FN3O2S. The quantitative estimate of drug-likeness (QED) is 0.778. The minimum absolute atomic E-state index is 0.199. The molecule has 0 bridgehead atoms. The smallest absolute Gasteiger partial charge is 0.257 e. The molecule has 0 radical (unpaired) electrons. The number of carbonyl (C=O) groups excluding carboxylic acids is 1. The van der Waals surface area contributed by atoms with Gasteiger partial charge in [-0.25, -0.2) is 4.39 Å². The van der Waals surface area contributed by atoms with Crippen LogP contribution in [-0.4, -0.2) is 16.1 Å². The number of benzene rings is 2. The lowest BCUT2D eigenvalue weighted by molar-refractivity contribution is 0.102. The van der Waals surface area contributed by atoms with Crippen molar-refractivity contribution in [3.8, 4) is 5.75 Å². The average molecular weight is 329 g/mol. The molecule has 1 aromatic heterocycles. The van der Waals surface area contributed by atoms with E-state index in [1.165, 1.54) is 35.6 Å². The Bertz CT molecular complexity index is 791. The molecule has 1 heterocycles. The Hall–Kier alpha value is -2.80. The van der Waals surface area contributed by atoms with E-state index in [-0.39, 0.29) is 18.3 Å². The Morgan fingerprint density at radius 3 is 2.57 bits per heavy atom. The van der Waals surface area contributed by atoms with Crippen LogP contribution in [0.4, 0.5) is 9.52 Å². The van der Waals surface area contributed by atoms with Gasteiger partial charge < -0.3 is 4.74 Å². The Morgan fingerprint density at radius 1 is 1.09 bits per heavy atom. The number of hydrogen-bond acceptors (Lipinski definition) is 5. The normalized spacial score (nSPS) is 10.3. The van der Waals surface area contributed by atoms with E-state index >= 15 is 0 Å². The van der Waals surface area contributed by atoms with Gasteiger partial charge in [0.15, 0.2) is 5.01 Å². The number of rotatable bonds is 5. The summed E-state index contributed by atoms with van der Waals surface area (Å²) >= 11 is 1.23. The summed E-state index contributed by atoms with van der Waals surface area (Å²) < 4.78 is 18.3. The van der Waals surface area contributed by atoms with Gasteiger partial charge in [-0.1, -0.05) is 29.5 Å². The van der Waals surface area contributed by atoms with Crippen molar-refractivity contribution in [2.75, 3.05) is 5.32 Å². The van der Waals surface area contributed by atoms with Crippen LogP contribution >= 0.6 is 11.3 Å². The molecule has 2 aromatic carbocycles. The number of nitrogens with one attached hydrogen (secondary N) is 1. The lowest BCUT2D eigenvalue weighted by atomic mass is 10.2. The first-order chi connectivity index (χ1) is 11.2. The van der Waals surface area contributed by atoms with E-state index in [0.29, 0.717) is 21.5 Å². The highest BCUT2D eigenvalue weighted by Crippen LogP contribution is 2.19. The van der Waals surface area contributed by atoms with Gasteiger partial charge in [-0.3, -0.25) is 10.1 Å². The van der Waals surface area contributed by atoms with E-state index in [1.807, 2.05) is 6.07 Å². The Balaban J connectivity index is 1.57. The molecule has 0 aliphatic rings. The van der Waals surface area contributed by atoms with Crippen LogP contribution in [0.5, 0.6) is 5.75 Å². The second kappa shape index (κ2) is 6.97. The van der Waals surface area contributed by atoms with Crippen molar-refractivity contribution in [3.63, 3.8) is 0 Å². The maximum atomic E-state index is 12.8. The lowest BCUT2D eigenvalue weighted by Gasteiger charge is -2.02. The first kappa shape index (κ1) is 15.1. The Morgan fingerprint density at radius 2 is 1.83 bits per heavy atom. The van der Waals surface area contributed by atoms with Gasteiger partial charge in [0, 0.05) is 5.56 Å². The fourth-order valence-corrected chi connectivity index (χ4v) is 2.45. The largest absolute Gasteiger partial charge is 0.486 e. The van der Waals surface area contributed by atoms with Gasteiger partial charge in [0.1, 0.15) is 18.2 Å². The molecule has 1 amide bonds. The number of aromatic nitrogens is 2. The maximum absolute atomic E-state index is 12.8. The van der Waals surface area contributed by atoms with Crippen molar-refractivity contribution in [2.45, 2.75) is 6.61 Å². The number of amides is 1. The SMILES string of the molecule is O=C(Nc1nnc(COc2ccc(F)cc2)s1)c1ccccc1. The van der Waals surface area contributed by atoms with E-state index < -0.39 is 0 Å². The first-order valence-electron chi connectivity index (χ1n) is 6.78. The molecule has 5 nitrogen and oxygen atoms in total. The Kier molecular flexibility index (Phi) is 4.58. The van der Waals surface area contributed by atoms with Crippen LogP contribution in [0.2, 0.25) is 0 Å². The molecule has 0 spiro atoms. The number of halogens is 1. The van der Waals surface area contributed by atoms with Crippen LogP contribution < -0.4 is 10.1 Å². The zero-order chi connectivity index (χ0) is 16.1. The molecule has 0 atom stereocenters. The van der Waals surface area contributed by atoms with Gasteiger partial charge >= 0.3 is 0 Å². The zero-order valence-electron chi connectivity index (χ0n) is 11.9. The minimum Gasteiger partial charge on any atom is -0.486 e. The summed E-state index contributed by atoms with van der Waals surface area (Å²) in [7, 11) is 0. The van der Waals surface area contributed by atoms with Crippen LogP contribution in [-0.2, 0) is 6.61 Å². The average Bonchev–Trinajstić information content (AvgIpc) is 3.02. The van der Waals surface area contributed by atoms with Crippen LogP contribution in [0.3, 0.4) is 0 Å². The van der Waals surface area contributed by atoms with Gasteiger partial charge in [-0.15, -0.1) is 10.2 Å². The predicted octanol–water partition coefficient (Wildman–Crippen LogP) is 3.51. The van der Waals surface area contributed by atoms with E-state index in [0.717, 1.165) is 0 Å². The number of carbonyl (C=O) groups is 1. The number of anilines is 1. The van der Waals surface area contributed by atoms with Crippen molar-refractivity contribution in [1.82, 2.24) is 10.2 Å². The van der Waals surface area contributed by atoms with Crippen molar-refractivity contribution >= 4 is 22.4 Å². The molecule has 3 aromatic rings. The standard InChI is InChI=1S/C16H12FN3O2S/c17-12-6-8-13(9-7-12)22-10-14-19-20-16(23-14)18-15(21)11-4-2-1-3-5-11/h1-9H,10H2,(H,18,20,21). The molecule has 0 unspecified atom stereocenters. The monoisotopic (exact) mass is 329 g/mol. The summed E-state index contributed by atoms with van der Waals surface area (Å²) in [6.45, 7) is 0.199. The van der Waals surface area contributed by atoms with Crippen molar-refractivity contribution in [1.29, 1.82) is 0 Å². The molecule has 3 rings (SSSR count). The molecule has 0 saturated carbocycles. The van der Waals surface area contributed by atoms with Crippen molar-refractivity contribution in [3.05, 3.63) is 71.0 Å². The van der Waals surface area contributed by atoms with Crippen LogP contribution in [0, 0.1) is 5.82 Å². The molecule has 7 heteroatoms. The molecule has 0 aliphatic carbocycles. The summed E-state index contributed by atoms with van der Waals surface area (Å²) in [6.07, 6.45) is 0. The van der Waals surface area contributed by atoms with E-state index in [4.69, 9.17) is 4.74 Å². The second-order valence-corrected chi connectivity index (χ2v) is 5.63. The van der Waals surface area contributed by atoms with Gasteiger partial charge in [-0.2, -0.15) is 0 Å². The van der Waals surface area contributed by atoms with Gasteiger partial charge in [0.25, 0.3) is 5.91 Å². The second-order valence-electron chi connectivity index (χ2n) is 4.56. The van der Waals surface area contributed by atoms with E-state index in [1.54, 1.807) is 24.3 Å². The summed E-state index contributed by atoms with van der Waals surface area (Å²) in [5.41, 5.74) is 0.548. The predicted molar refractivity (Wildman–Crippen MR) is 85.0 cm³/mol. The third-order valence-corrected chi connectivity index (χ3v) is 3.71. The fraction of sp³-hybridized carbons (Fsp3) is 0.0625. The molecule has 116 valence electrons. The number of ether oxygens (including phenoxy) is 1. The number of nitrogens with zero attached hydrogens (tertiary/aromatic N) is 2.